The van der Waals surface area contributed by atoms with Crippen LogP contribution in [0.15, 0.2) is 17.0 Å². The third kappa shape index (κ3) is 3.11. The maximum absolute atomic E-state index is 11.2. The molecule has 1 fully saturated rings. The summed E-state index contributed by atoms with van der Waals surface area (Å²) in [6.07, 6.45) is 1.94. The Bertz CT molecular complexity index is 509. The second-order valence-electron chi connectivity index (χ2n) is 3.74. The van der Waals surface area contributed by atoms with E-state index in [1.807, 2.05) is 25.3 Å². The monoisotopic (exact) mass is 299 g/mol. The molecule has 0 saturated carbocycles. The summed E-state index contributed by atoms with van der Waals surface area (Å²) in [6.45, 7) is 1.45. The molecule has 7 heteroatoms. The number of anilines is 1. The molecule has 0 aromatic carbocycles. The highest BCUT2D eigenvalue weighted by atomic mass is 32.2. The lowest BCUT2D eigenvalue weighted by atomic mass is 10.4. The summed E-state index contributed by atoms with van der Waals surface area (Å²) in [6, 6.07) is 4.07. The van der Waals surface area contributed by atoms with Gasteiger partial charge in [0, 0.05) is 25.0 Å². The van der Waals surface area contributed by atoms with Crippen molar-refractivity contribution in [2.45, 2.75) is 0 Å². The molecule has 0 spiro atoms. The molecule has 2 rings (SSSR count). The first-order valence-electron chi connectivity index (χ1n) is 5.36. The van der Waals surface area contributed by atoms with Gasteiger partial charge in [0.15, 0.2) is 0 Å². The van der Waals surface area contributed by atoms with Crippen LogP contribution in [0.4, 0.5) is 9.80 Å². The molecule has 1 aromatic heterocycles. The number of thioether (sulfide) groups is 1. The van der Waals surface area contributed by atoms with E-state index in [2.05, 4.69) is 10.2 Å². The maximum Gasteiger partial charge on any atom is 0.289 e. The highest BCUT2D eigenvalue weighted by molar-refractivity contribution is 8.19. The second-order valence-corrected chi connectivity index (χ2v) is 6.26. The molecule has 1 aromatic rings. The molecule has 0 bridgehead atoms. The normalized spacial score (nSPS) is 17.3. The Labute approximate surface area is 119 Å². The molecular formula is C11H13N3OS3. The van der Waals surface area contributed by atoms with E-state index in [-0.39, 0.29) is 5.24 Å². The lowest BCUT2D eigenvalue weighted by molar-refractivity contribution is 0.265. The Morgan fingerprint density at radius 1 is 1.56 bits per heavy atom. The molecule has 0 atom stereocenters. The first-order valence-corrected chi connectivity index (χ1v) is 7.40. The summed E-state index contributed by atoms with van der Waals surface area (Å²) in [7, 11) is 2.01. The Morgan fingerprint density at radius 2 is 2.33 bits per heavy atom. The van der Waals surface area contributed by atoms with Gasteiger partial charge in [-0.1, -0.05) is 12.2 Å². The van der Waals surface area contributed by atoms with E-state index in [1.165, 1.54) is 0 Å². The summed E-state index contributed by atoms with van der Waals surface area (Å²) in [5.74, 6) is 0. The van der Waals surface area contributed by atoms with Gasteiger partial charge in [0.1, 0.15) is 4.99 Å². The minimum absolute atomic E-state index is 0.108. The number of nitrogens with one attached hydrogen (secondary N) is 1. The van der Waals surface area contributed by atoms with Crippen LogP contribution in [-0.4, -0.2) is 30.4 Å². The van der Waals surface area contributed by atoms with Gasteiger partial charge < -0.3 is 16.0 Å². The molecule has 96 valence electrons. The molecule has 1 saturated heterocycles. The van der Waals surface area contributed by atoms with Crippen molar-refractivity contribution in [1.29, 1.82) is 0 Å². The highest BCUT2D eigenvalue weighted by Gasteiger charge is 2.21. The van der Waals surface area contributed by atoms with Gasteiger partial charge in [-0.15, -0.1) is 11.3 Å². The second kappa shape index (κ2) is 5.83. The van der Waals surface area contributed by atoms with Gasteiger partial charge in [-0.05, 0) is 30.0 Å². The number of nitrogens with two attached hydrogens (primary N) is 1. The van der Waals surface area contributed by atoms with Gasteiger partial charge in [-0.2, -0.15) is 0 Å². The Morgan fingerprint density at radius 3 is 2.94 bits per heavy atom. The number of carbonyl (C=O) groups excluding carboxylic acids is 1. The van der Waals surface area contributed by atoms with Crippen LogP contribution in [0.25, 0.3) is 6.08 Å². The molecule has 4 nitrogen and oxygen atoms in total. The van der Waals surface area contributed by atoms with Crippen molar-refractivity contribution in [2.75, 3.05) is 25.0 Å². The Kier molecular flexibility index (Phi) is 4.39. The quantitative estimate of drug-likeness (QED) is 0.660. The molecule has 2 heterocycles. The third-order valence-corrected chi connectivity index (χ3v) is 4.80. The van der Waals surface area contributed by atoms with Crippen molar-refractivity contribution < 1.29 is 4.79 Å². The van der Waals surface area contributed by atoms with Gasteiger partial charge in [0.05, 0.1) is 9.91 Å². The zero-order chi connectivity index (χ0) is 13.1. The van der Waals surface area contributed by atoms with Crippen LogP contribution in [0.5, 0.6) is 0 Å². The highest BCUT2D eigenvalue weighted by Crippen LogP contribution is 2.31. The molecule has 0 aliphatic carbocycles. The molecule has 1 aliphatic rings. The van der Waals surface area contributed by atoms with E-state index in [0.717, 1.165) is 33.1 Å². The fourth-order valence-corrected chi connectivity index (χ4v) is 3.51. The first-order chi connectivity index (χ1) is 8.60. The average Bonchev–Trinajstić information content (AvgIpc) is 2.88. The lowest BCUT2D eigenvalue weighted by Crippen LogP contribution is -2.23. The smallest absolute Gasteiger partial charge is 0.289 e. The first kappa shape index (κ1) is 13.5. The Hall–Kier alpha value is -0.890. The Balaban J connectivity index is 2.13. The summed E-state index contributed by atoms with van der Waals surface area (Å²) in [4.78, 5) is 15.7. The summed E-state index contributed by atoms with van der Waals surface area (Å²) in [5, 5.41) is 3.65. The van der Waals surface area contributed by atoms with Crippen LogP contribution >= 0.6 is 35.3 Å². The molecule has 1 aliphatic heterocycles. The van der Waals surface area contributed by atoms with Crippen molar-refractivity contribution in [2.24, 2.45) is 5.73 Å². The van der Waals surface area contributed by atoms with Gasteiger partial charge in [-0.3, -0.25) is 4.79 Å². The fourth-order valence-electron chi connectivity index (χ4n) is 1.48. The van der Waals surface area contributed by atoms with Gasteiger partial charge in [0.2, 0.25) is 0 Å². The van der Waals surface area contributed by atoms with Crippen molar-refractivity contribution in [3.63, 3.8) is 0 Å². The number of hydrogen-bond acceptors (Lipinski definition) is 6. The minimum Gasteiger partial charge on any atom is -0.365 e. The average molecular weight is 299 g/mol. The van der Waals surface area contributed by atoms with Gasteiger partial charge >= 0.3 is 0 Å². The minimum atomic E-state index is -0.108. The number of rotatable bonds is 4. The lowest BCUT2D eigenvalue weighted by Gasteiger charge is -2.14. The third-order valence-electron chi connectivity index (χ3n) is 2.37. The standard InChI is InChI=1S/C11H13N3OS3/c1-14(5-4-12)9-3-2-7(17-9)6-8-10(16)13-11(15)18-8/h2-3,6H,4-5,12H2,1H3,(H,13,15,16)/b8-6-. The summed E-state index contributed by atoms with van der Waals surface area (Å²) >= 11 is 7.87. The van der Waals surface area contributed by atoms with Gasteiger partial charge in [0.25, 0.3) is 5.24 Å². The predicted molar refractivity (Wildman–Crippen MR) is 83.3 cm³/mol. The molecular weight excluding hydrogens is 286 g/mol. The number of thiocarbonyl (C=S) groups is 1. The molecule has 1 amide bonds. The van der Waals surface area contributed by atoms with E-state index >= 15 is 0 Å². The molecule has 3 N–H and O–H groups in total. The number of nitrogens with zero attached hydrogens (tertiary/aromatic N) is 1. The van der Waals surface area contributed by atoms with Crippen LogP contribution in [0, 0.1) is 0 Å². The summed E-state index contributed by atoms with van der Waals surface area (Å²) in [5.41, 5.74) is 5.52. The van der Waals surface area contributed by atoms with Crippen molar-refractivity contribution in [3.05, 3.63) is 21.9 Å². The van der Waals surface area contributed by atoms with Crippen molar-refractivity contribution in [3.8, 4) is 0 Å². The van der Waals surface area contributed by atoms with Crippen LogP contribution in [0.1, 0.15) is 4.88 Å². The zero-order valence-electron chi connectivity index (χ0n) is 9.80. The van der Waals surface area contributed by atoms with Crippen LogP contribution < -0.4 is 16.0 Å². The number of carbonyl (C=O) groups is 1. The topological polar surface area (TPSA) is 58.4 Å². The summed E-state index contributed by atoms with van der Waals surface area (Å²) < 4.78 is 0. The van der Waals surface area contributed by atoms with E-state index in [4.69, 9.17) is 18.0 Å². The zero-order valence-corrected chi connectivity index (χ0v) is 12.3. The molecule has 18 heavy (non-hydrogen) atoms. The largest absolute Gasteiger partial charge is 0.365 e. The number of hydrogen-bond donors (Lipinski definition) is 2. The number of amides is 1. The van der Waals surface area contributed by atoms with Crippen LogP contribution in [0.3, 0.4) is 0 Å². The maximum atomic E-state index is 11.2. The fraction of sp³-hybridized carbons (Fsp3) is 0.273. The van der Waals surface area contributed by atoms with Crippen LogP contribution in [0.2, 0.25) is 0 Å². The van der Waals surface area contributed by atoms with E-state index in [1.54, 1.807) is 11.3 Å². The van der Waals surface area contributed by atoms with Crippen molar-refractivity contribution in [1.82, 2.24) is 5.32 Å². The molecule has 0 radical (unpaired) electrons. The number of likely N-dealkylation sites (N-methyl/N-ethyl adjacent to an activating group) is 1. The van der Waals surface area contributed by atoms with E-state index in [0.29, 0.717) is 11.5 Å². The number of thiophene rings is 1. The van der Waals surface area contributed by atoms with E-state index in [9.17, 15) is 4.79 Å². The predicted octanol–water partition coefficient (Wildman–Crippen LogP) is 2.27. The SMILES string of the molecule is CN(CCN)c1ccc(/C=C2\SC(=O)NC2=S)s1. The van der Waals surface area contributed by atoms with Crippen molar-refractivity contribution >= 4 is 56.6 Å². The van der Waals surface area contributed by atoms with Crippen LogP contribution in [-0.2, 0) is 0 Å². The van der Waals surface area contributed by atoms with E-state index < -0.39 is 0 Å². The van der Waals surface area contributed by atoms with Gasteiger partial charge in [-0.25, -0.2) is 0 Å². The molecule has 0 unspecified atom stereocenters.